The fourth-order valence-electron chi connectivity index (χ4n) is 1.23. The van der Waals surface area contributed by atoms with Crippen LogP contribution in [-0.2, 0) is 4.46 Å². The van der Waals surface area contributed by atoms with Crippen molar-refractivity contribution in [2.24, 2.45) is 0 Å². The van der Waals surface area contributed by atoms with Crippen molar-refractivity contribution in [3.63, 3.8) is 0 Å². The van der Waals surface area contributed by atoms with Crippen LogP contribution in [0, 0.1) is 0 Å². The molecule has 0 spiro atoms. The van der Waals surface area contributed by atoms with Crippen molar-refractivity contribution in [1.82, 2.24) is 5.32 Å². The minimum absolute atomic E-state index is 0.226. The molecule has 1 heterocycles. The first kappa shape index (κ1) is 7.90. The Balaban J connectivity index is 2.66. The van der Waals surface area contributed by atoms with Gasteiger partial charge in [-0.25, -0.2) is 0 Å². The predicted molar refractivity (Wildman–Crippen MR) is 47.3 cm³/mol. The van der Waals surface area contributed by atoms with E-state index in [4.69, 9.17) is 23.2 Å². The molecule has 0 aromatic heterocycles. The van der Waals surface area contributed by atoms with Crippen molar-refractivity contribution in [3.05, 3.63) is 35.4 Å². The van der Waals surface area contributed by atoms with E-state index in [1.807, 2.05) is 0 Å². The molecule has 0 radical (unpaired) electrons. The number of amides is 1. The normalized spacial score (nSPS) is 18.7. The summed E-state index contributed by atoms with van der Waals surface area (Å²) in [4.78, 5) is 11.2. The summed E-state index contributed by atoms with van der Waals surface area (Å²) >= 11 is 11.7. The van der Waals surface area contributed by atoms with E-state index in [0.29, 0.717) is 11.1 Å². The molecule has 1 aliphatic rings. The number of hydrogen-bond acceptors (Lipinski definition) is 1. The minimum atomic E-state index is -1.26. The maximum absolute atomic E-state index is 11.2. The Morgan fingerprint density at radius 3 is 2.58 bits per heavy atom. The number of fused-ring (bicyclic) bond motifs is 1. The Labute approximate surface area is 79.5 Å². The zero-order valence-electron chi connectivity index (χ0n) is 5.97. The summed E-state index contributed by atoms with van der Waals surface area (Å²) in [5, 5.41) is 2.45. The minimum Gasteiger partial charge on any atom is -0.317 e. The molecule has 0 atom stereocenters. The number of alkyl halides is 2. The topological polar surface area (TPSA) is 29.1 Å². The number of carbonyl (C=O) groups excluding carboxylic acids is 1. The summed E-state index contributed by atoms with van der Waals surface area (Å²) < 4.78 is -1.26. The fourth-order valence-corrected chi connectivity index (χ4v) is 1.73. The molecule has 12 heavy (non-hydrogen) atoms. The maximum Gasteiger partial charge on any atom is 0.254 e. The smallest absolute Gasteiger partial charge is 0.254 e. The molecule has 4 heteroatoms. The summed E-state index contributed by atoms with van der Waals surface area (Å²) in [5.41, 5.74) is 1.17. The van der Waals surface area contributed by atoms with Crippen molar-refractivity contribution in [2.45, 2.75) is 4.46 Å². The molecule has 1 amide bonds. The van der Waals surface area contributed by atoms with Crippen LogP contribution in [0.25, 0.3) is 0 Å². The van der Waals surface area contributed by atoms with Gasteiger partial charge in [0.15, 0.2) is 0 Å². The van der Waals surface area contributed by atoms with Crippen LogP contribution in [0.15, 0.2) is 24.3 Å². The first-order valence-electron chi connectivity index (χ1n) is 3.41. The van der Waals surface area contributed by atoms with Crippen LogP contribution in [0.4, 0.5) is 0 Å². The van der Waals surface area contributed by atoms with Crippen molar-refractivity contribution in [2.75, 3.05) is 0 Å². The molecule has 0 bridgehead atoms. The van der Waals surface area contributed by atoms with Gasteiger partial charge in [0.05, 0.1) is 0 Å². The van der Waals surface area contributed by atoms with Gasteiger partial charge in [0, 0.05) is 11.1 Å². The highest BCUT2D eigenvalue weighted by atomic mass is 35.5. The van der Waals surface area contributed by atoms with Gasteiger partial charge < -0.3 is 5.32 Å². The van der Waals surface area contributed by atoms with Crippen LogP contribution in [-0.4, -0.2) is 5.91 Å². The summed E-state index contributed by atoms with van der Waals surface area (Å²) in [6, 6.07) is 6.98. The SMILES string of the molecule is O=C1NC(Cl)(Cl)c2ccccc21. The monoisotopic (exact) mass is 201 g/mol. The van der Waals surface area contributed by atoms with Crippen molar-refractivity contribution >= 4 is 29.1 Å². The standard InChI is InChI=1S/C8H5Cl2NO/c9-8(10)6-4-2-1-3-5(6)7(12)11-8/h1-4H,(H,11,12). The van der Waals surface area contributed by atoms with Crippen LogP contribution >= 0.6 is 23.2 Å². The largest absolute Gasteiger partial charge is 0.317 e. The number of hydrogen-bond donors (Lipinski definition) is 1. The van der Waals surface area contributed by atoms with Crippen LogP contribution in [0.2, 0.25) is 0 Å². The third kappa shape index (κ3) is 0.993. The second-order valence-electron chi connectivity index (χ2n) is 2.57. The lowest BCUT2D eigenvalue weighted by atomic mass is 10.1. The summed E-state index contributed by atoms with van der Waals surface area (Å²) in [5.74, 6) is -0.226. The average Bonchev–Trinajstić information content (AvgIpc) is 2.25. The number of nitrogens with one attached hydrogen (secondary N) is 1. The van der Waals surface area contributed by atoms with Gasteiger partial charge in [-0.3, -0.25) is 4.79 Å². The highest BCUT2D eigenvalue weighted by Crippen LogP contribution is 2.37. The third-order valence-electron chi connectivity index (χ3n) is 1.78. The maximum atomic E-state index is 11.2. The van der Waals surface area contributed by atoms with Crippen molar-refractivity contribution in [1.29, 1.82) is 0 Å². The van der Waals surface area contributed by atoms with Gasteiger partial charge in [0.1, 0.15) is 0 Å². The van der Waals surface area contributed by atoms with E-state index in [1.54, 1.807) is 24.3 Å². The molecule has 1 N–H and O–H groups in total. The zero-order valence-corrected chi connectivity index (χ0v) is 7.49. The Hall–Kier alpha value is -0.730. The molecule has 0 saturated heterocycles. The molecule has 0 unspecified atom stereocenters. The number of carbonyl (C=O) groups is 1. The van der Waals surface area contributed by atoms with Gasteiger partial charge in [-0.2, -0.15) is 0 Å². The molecule has 2 rings (SSSR count). The molecule has 0 fully saturated rings. The van der Waals surface area contributed by atoms with Gasteiger partial charge in [0.2, 0.25) is 4.46 Å². The number of halogens is 2. The first-order chi connectivity index (χ1) is 5.61. The quantitative estimate of drug-likeness (QED) is 0.506. The Kier molecular flexibility index (Phi) is 1.56. The van der Waals surface area contributed by atoms with Crippen LogP contribution in [0.1, 0.15) is 15.9 Å². The van der Waals surface area contributed by atoms with Crippen molar-refractivity contribution in [3.8, 4) is 0 Å². The highest BCUT2D eigenvalue weighted by Gasteiger charge is 2.38. The lowest BCUT2D eigenvalue weighted by molar-refractivity contribution is 0.0960. The molecule has 2 nitrogen and oxygen atoms in total. The second kappa shape index (κ2) is 2.38. The van der Waals surface area contributed by atoms with Gasteiger partial charge in [-0.1, -0.05) is 41.4 Å². The van der Waals surface area contributed by atoms with Gasteiger partial charge >= 0.3 is 0 Å². The first-order valence-corrected chi connectivity index (χ1v) is 4.17. The number of benzene rings is 1. The molecule has 0 aliphatic carbocycles. The second-order valence-corrected chi connectivity index (χ2v) is 3.90. The molecule has 1 aromatic carbocycles. The third-order valence-corrected chi connectivity index (χ3v) is 2.38. The van der Waals surface area contributed by atoms with E-state index in [0.717, 1.165) is 0 Å². The molecule has 1 aromatic rings. The Morgan fingerprint density at radius 1 is 1.25 bits per heavy atom. The average molecular weight is 202 g/mol. The van der Waals surface area contributed by atoms with E-state index >= 15 is 0 Å². The summed E-state index contributed by atoms with van der Waals surface area (Å²) in [6.45, 7) is 0. The van der Waals surface area contributed by atoms with E-state index in [2.05, 4.69) is 5.32 Å². The van der Waals surface area contributed by atoms with Gasteiger partial charge in [-0.15, -0.1) is 0 Å². The summed E-state index contributed by atoms with van der Waals surface area (Å²) in [6.07, 6.45) is 0. The number of rotatable bonds is 0. The molecule has 0 saturated carbocycles. The molecular weight excluding hydrogens is 197 g/mol. The van der Waals surface area contributed by atoms with Crippen molar-refractivity contribution < 1.29 is 4.79 Å². The van der Waals surface area contributed by atoms with Gasteiger partial charge in [0.25, 0.3) is 5.91 Å². The Bertz CT molecular complexity index is 349. The van der Waals surface area contributed by atoms with E-state index < -0.39 is 4.46 Å². The summed E-state index contributed by atoms with van der Waals surface area (Å²) in [7, 11) is 0. The van der Waals surface area contributed by atoms with Crippen LogP contribution in [0.5, 0.6) is 0 Å². The van der Waals surface area contributed by atoms with E-state index in [-0.39, 0.29) is 5.91 Å². The fraction of sp³-hybridized carbons (Fsp3) is 0.125. The van der Waals surface area contributed by atoms with Crippen LogP contribution < -0.4 is 5.32 Å². The predicted octanol–water partition coefficient (Wildman–Crippen LogP) is 2.02. The lowest BCUT2D eigenvalue weighted by Gasteiger charge is -2.12. The zero-order chi connectivity index (χ0) is 8.77. The van der Waals surface area contributed by atoms with E-state index in [9.17, 15) is 4.79 Å². The van der Waals surface area contributed by atoms with Crippen LogP contribution in [0.3, 0.4) is 0 Å². The lowest BCUT2D eigenvalue weighted by Crippen LogP contribution is -2.27. The highest BCUT2D eigenvalue weighted by molar-refractivity contribution is 6.50. The molecule has 1 aliphatic heterocycles. The molecular formula is C8H5Cl2NO. The van der Waals surface area contributed by atoms with Gasteiger partial charge in [-0.05, 0) is 6.07 Å². The molecule has 62 valence electrons. The Morgan fingerprint density at radius 2 is 1.92 bits per heavy atom. The van der Waals surface area contributed by atoms with E-state index in [1.165, 1.54) is 0 Å².